The Morgan fingerprint density at radius 2 is 2.04 bits per heavy atom. The third-order valence-electron chi connectivity index (χ3n) is 4.19. The van der Waals surface area contributed by atoms with Gasteiger partial charge in [-0.05, 0) is 43.3 Å². The number of ether oxygens (including phenoxy) is 1. The molecule has 7 nitrogen and oxygen atoms in total. The minimum atomic E-state index is -3.70. The van der Waals surface area contributed by atoms with Gasteiger partial charge in [0.05, 0.1) is 29.2 Å². The summed E-state index contributed by atoms with van der Waals surface area (Å²) in [6.45, 7) is 2.72. The van der Waals surface area contributed by atoms with Crippen molar-refractivity contribution in [3.05, 3.63) is 59.7 Å². The Morgan fingerprint density at radius 1 is 1.26 bits per heavy atom. The zero-order valence-electron chi connectivity index (χ0n) is 14.8. The van der Waals surface area contributed by atoms with Crippen LogP contribution in [0.15, 0.2) is 53.4 Å². The highest BCUT2D eigenvalue weighted by atomic mass is 32.2. The van der Waals surface area contributed by atoms with Gasteiger partial charge in [0.1, 0.15) is 0 Å². The quantitative estimate of drug-likeness (QED) is 0.870. The Bertz CT molecular complexity index is 998. The van der Waals surface area contributed by atoms with Crippen LogP contribution in [0.5, 0.6) is 0 Å². The van der Waals surface area contributed by atoms with Gasteiger partial charge in [0.25, 0.3) is 5.91 Å². The molecular weight excluding hydrogens is 366 g/mol. The van der Waals surface area contributed by atoms with Gasteiger partial charge >= 0.3 is 0 Å². The first kappa shape index (κ1) is 19.0. The molecule has 1 heterocycles. The predicted octanol–water partition coefficient (Wildman–Crippen LogP) is 2.22. The molecule has 1 aliphatic heterocycles. The van der Waals surface area contributed by atoms with E-state index >= 15 is 0 Å². The van der Waals surface area contributed by atoms with E-state index in [0.717, 1.165) is 0 Å². The first-order valence-corrected chi connectivity index (χ1v) is 9.87. The number of rotatable bonds is 4. The van der Waals surface area contributed by atoms with E-state index in [-0.39, 0.29) is 29.7 Å². The summed E-state index contributed by atoms with van der Waals surface area (Å²) >= 11 is 0. The van der Waals surface area contributed by atoms with Crippen LogP contribution in [0.2, 0.25) is 0 Å². The van der Waals surface area contributed by atoms with Gasteiger partial charge in [-0.1, -0.05) is 12.1 Å². The number of nitrogens with zero attached hydrogens (tertiary/aromatic N) is 2. The number of carbonyl (C=O) groups is 1. The smallest absolute Gasteiger partial charge is 0.255 e. The Kier molecular flexibility index (Phi) is 5.56. The third kappa shape index (κ3) is 4.34. The summed E-state index contributed by atoms with van der Waals surface area (Å²) in [7, 11) is -3.70. The first-order valence-electron chi connectivity index (χ1n) is 8.43. The van der Waals surface area contributed by atoms with E-state index in [4.69, 9.17) is 10.00 Å². The van der Waals surface area contributed by atoms with Crippen LogP contribution in [0.3, 0.4) is 0 Å². The highest BCUT2D eigenvalue weighted by Gasteiger charge is 2.29. The van der Waals surface area contributed by atoms with Gasteiger partial charge in [0, 0.05) is 24.3 Å². The molecule has 1 unspecified atom stereocenters. The molecule has 1 fully saturated rings. The normalized spacial score (nSPS) is 17.9. The van der Waals surface area contributed by atoms with E-state index in [1.54, 1.807) is 30.3 Å². The summed E-state index contributed by atoms with van der Waals surface area (Å²) in [5.41, 5.74) is 1.11. The van der Waals surface area contributed by atoms with Gasteiger partial charge in [-0.15, -0.1) is 0 Å². The van der Waals surface area contributed by atoms with E-state index < -0.39 is 15.9 Å². The Morgan fingerprint density at radius 3 is 2.78 bits per heavy atom. The zero-order chi connectivity index (χ0) is 19.4. The summed E-state index contributed by atoms with van der Waals surface area (Å²) in [6.07, 6.45) is -0.174. The molecule has 0 spiro atoms. The van der Waals surface area contributed by atoms with Crippen LogP contribution in [0.1, 0.15) is 22.8 Å². The number of hydrogen-bond acceptors (Lipinski definition) is 5. The van der Waals surface area contributed by atoms with E-state index in [1.807, 2.05) is 13.0 Å². The molecule has 0 bridgehead atoms. The monoisotopic (exact) mass is 385 g/mol. The second-order valence-electron chi connectivity index (χ2n) is 6.22. The highest BCUT2D eigenvalue weighted by Crippen LogP contribution is 2.20. The van der Waals surface area contributed by atoms with Crippen molar-refractivity contribution in [1.82, 2.24) is 4.31 Å². The fourth-order valence-corrected chi connectivity index (χ4v) is 4.37. The summed E-state index contributed by atoms with van der Waals surface area (Å²) in [5, 5.41) is 11.6. The van der Waals surface area contributed by atoms with Crippen LogP contribution in [0.25, 0.3) is 0 Å². The molecule has 1 aliphatic rings. The number of morpholine rings is 1. The van der Waals surface area contributed by atoms with Crippen molar-refractivity contribution in [2.24, 2.45) is 0 Å². The van der Waals surface area contributed by atoms with Gasteiger partial charge in [0.15, 0.2) is 0 Å². The summed E-state index contributed by atoms with van der Waals surface area (Å²) < 4.78 is 32.5. The highest BCUT2D eigenvalue weighted by molar-refractivity contribution is 7.89. The standard InChI is InChI=1S/C19H19N3O4S/c1-14-13-22(8-9-26-14)27(24,25)18-7-3-5-16(11-18)19(23)21-17-6-2-4-15(10-17)12-20/h2-7,10-11,14H,8-9,13H2,1H3,(H,21,23). The minimum absolute atomic E-state index is 0.0648. The van der Waals surface area contributed by atoms with Crippen LogP contribution in [-0.2, 0) is 14.8 Å². The van der Waals surface area contributed by atoms with Crippen molar-refractivity contribution >= 4 is 21.6 Å². The number of benzene rings is 2. The van der Waals surface area contributed by atoms with Gasteiger partial charge < -0.3 is 10.1 Å². The number of amides is 1. The number of nitrogens with one attached hydrogen (secondary N) is 1. The molecule has 0 radical (unpaired) electrons. The number of anilines is 1. The Balaban J connectivity index is 1.82. The maximum Gasteiger partial charge on any atom is 0.255 e. The van der Waals surface area contributed by atoms with Crippen molar-refractivity contribution in [1.29, 1.82) is 5.26 Å². The van der Waals surface area contributed by atoms with Gasteiger partial charge in [0.2, 0.25) is 10.0 Å². The average Bonchev–Trinajstić information content (AvgIpc) is 2.68. The number of sulfonamides is 1. The second-order valence-corrected chi connectivity index (χ2v) is 8.16. The van der Waals surface area contributed by atoms with Crippen molar-refractivity contribution < 1.29 is 17.9 Å². The van der Waals surface area contributed by atoms with Crippen LogP contribution >= 0.6 is 0 Å². The fraction of sp³-hybridized carbons (Fsp3) is 0.263. The lowest BCUT2D eigenvalue weighted by Crippen LogP contribution is -2.44. The average molecular weight is 385 g/mol. The molecule has 140 valence electrons. The maximum atomic E-state index is 12.9. The van der Waals surface area contributed by atoms with Crippen LogP contribution in [0, 0.1) is 11.3 Å². The molecule has 0 aromatic heterocycles. The second kappa shape index (κ2) is 7.88. The molecule has 8 heteroatoms. The largest absolute Gasteiger partial charge is 0.376 e. The minimum Gasteiger partial charge on any atom is -0.376 e. The van der Waals surface area contributed by atoms with Crippen LogP contribution < -0.4 is 5.32 Å². The number of hydrogen-bond donors (Lipinski definition) is 1. The maximum absolute atomic E-state index is 12.9. The molecule has 27 heavy (non-hydrogen) atoms. The van der Waals surface area contributed by atoms with E-state index in [0.29, 0.717) is 17.9 Å². The fourth-order valence-electron chi connectivity index (χ4n) is 2.82. The van der Waals surface area contributed by atoms with E-state index in [2.05, 4.69) is 5.32 Å². The molecule has 3 rings (SSSR count). The van der Waals surface area contributed by atoms with Crippen LogP contribution in [-0.4, -0.2) is 44.4 Å². The zero-order valence-corrected chi connectivity index (χ0v) is 15.6. The van der Waals surface area contributed by atoms with Gasteiger partial charge in [-0.2, -0.15) is 9.57 Å². The first-order chi connectivity index (χ1) is 12.9. The summed E-state index contributed by atoms with van der Waals surface area (Å²) in [6, 6.07) is 14.4. The number of carbonyl (C=O) groups excluding carboxylic acids is 1. The van der Waals surface area contributed by atoms with E-state index in [1.165, 1.54) is 22.5 Å². The Labute approximate surface area is 158 Å². The van der Waals surface area contributed by atoms with Crippen molar-refractivity contribution in [2.45, 2.75) is 17.9 Å². The molecule has 1 atom stereocenters. The van der Waals surface area contributed by atoms with Crippen molar-refractivity contribution in [2.75, 3.05) is 25.0 Å². The van der Waals surface area contributed by atoms with Crippen molar-refractivity contribution in [3.63, 3.8) is 0 Å². The SMILES string of the molecule is CC1CN(S(=O)(=O)c2cccc(C(=O)Nc3cccc(C#N)c3)c2)CCO1. The molecule has 2 aromatic rings. The summed E-state index contributed by atoms with van der Waals surface area (Å²) in [5.74, 6) is -0.447. The van der Waals surface area contributed by atoms with Gasteiger partial charge in [-0.3, -0.25) is 4.79 Å². The lowest BCUT2D eigenvalue weighted by Gasteiger charge is -2.30. The topological polar surface area (TPSA) is 99.5 Å². The van der Waals surface area contributed by atoms with Gasteiger partial charge in [-0.25, -0.2) is 8.42 Å². The molecule has 1 amide bonds. The number of nitriles is 1. The lowest BCUT2D eigenvalue weighted by atomic mass is 10.2. The molecule has 0 saturated carbocycles. The summed E-state index contributed by atoms with van der Waals surface area (Å²) in [4.78, 5) is 12.6. The van der Waals surface area contributed by atoms with E-state index in [9.17, 15) is 13.2 Å². The third-order valence-corrected chi connectivity index (χ3v) is 6.05. The molecule has 1 N–H and O–H groups in total. The Hall–Kier alpha value is -2.73. The molecular formula is C19H19N3O4S. The molecule has 2 aromatic carbocycles. The predicted molar refractivity (Wildman–Crippen MR) is 99.7 cm³/mol. The molecule has 0 aliphatic carbocycles. The van der Waals surface area contributed by atoms with Crippen LogP contribution in [0.4, 0.5) is 5.69 Å². The van der Waals surface area contributed by atoms with Crippen molar-refractivity contribution in [3.8, 4) is 6.07 Å². The molecule has 1 saturated heterocycles. The lowest BCUT2D eigenvalue weighted by molar-refractivity contribution is 0.0102.